The van der Waals surface area contributed by atoms with Crippen molar-refractivity contribution in [2.75, 3.05) is 19.6 Å². The smallest absolute Gasteiger partial charge is 0.227 e. The molecule has 0 saturated carbocycles. The number of hydrogen-bond acceptors (Lipinski definition) is 3. The molecule has 0 radical (unpaired) electrons. The molecule has 0 aromatic heterocycles. The molecule has 3 atom stereocenters. The number of rotatable bonds is 3. The minimum absolute atomic E-state index is 0.0226. The van der Waals surface area contributed by atoms with E-state index in [0.29, 0.717) is 19.6 Å². The third-order valence-corrected chi connectivity index (χ3v) is 5.90. The number of aromatic hydroxyl groups is 1. The van der Waals surface area contributed by atoms with E-state index in [1.165, 1.54) is 12.1 Å². The van der Waals surface area contributed by atoms with Gasteiger partial charge in [0.15, 0.2) is 0 Å². The van der Waals surface area contributed by atoms with Crippen LogP contribution in [0.1, 0.15) is 24.1 Å². The number of phenols is 1. The lowest BCUT2D eigenvalue weighted by Crippen LogP contribution is -2.37. The van der Waals surface area contributed by atoms with Gasteiger partial charge in [-0.05, 0) is 35.4 Å². The second kappa shape index (κ2) is 7.26. The van der Waals surface area contributed by atoms with Gasteiger partial charge in [-0.1, -0.05) is 24.3 Å². The van der Waals surface area contributed by atoms with Crippen LogP contribution in [0.15, 0.2) is 48.5 Å². The molecule has 5 nitrogen and oxygen atoms in total. The summed E-state index contributed by atoms with van der Waals surface area (Å²) in [4.78, 5) is 28.6. The third kappa shape index (κ3) is 3.46. The van der Waals surface area contributed by atoms with Gasteiger partial charge in [0, 0.05) is 38.4 Å². The summed E-state index contributed by atoms with van der Waals surface area (Å²) in [5.41, 5.74) is 1.64. The lowest BCUT2D eigenvalue weighted by molar-refractivity contribution is -0.131. The number of nitrogens with zero attached hydrogens (tertiary/aromatic N) is 2. The predicted octanol–water partition coefficient (Wildman–Crippen LogP) is 2.75. The molecule has 2 aromatic rings. The minimum Gasteiger partial charge on any atom is -0.508 e. The van der Waals surface area contributed by atoms with Gasteiger partial charge in [0.05, 0.1) is 12.5 Å². The Kier molecular flexibility index (Phi) is 4.79. The summed E-state index contributed by atoms with van der Waals surface area (Å²) < 4.78 is 13.8. The molecule has 6 heteroatoms. The Morgan fingerprint density at radius 2 is 1.86 bits per heavy atom. The summed E-state index contributed by atoms with van der Waals surface area (Å²) in [6.45, 7) is 3.30. The molecule has 2 aromatic carbocycles. The Hall–Kier alpha value is -2.89. The summed E-state index contributed by atoms with van der Waals surface area (Å²) in [5, 5.41) is 9.38. The fraction of sp³-hybridized carbons (Fsp3) is 0.364. The summed E-state index contributed by atoms with van der Waals surface area (Å²) in [6.07, 6.45) is 0.279. The van der Waals surface area contributed by atoms with Gasteiger partial charge in [-0.15, -0.1) is 0 Å². The van der Waals surface area contributed by atoms with Crippen LogP contribution in [-0.4, -0.2) is 46.4 Å². The number of amides is 2. The van der Waals surface area contributed by atoms with Gasteiger partial charge in [-0.25, -0.2) is 4.39 Å². The molecular formula is C22H23FN2O3. The number of fused-ring (bicyclic) bond motifs is 1. The number of benzene rings is 2. The number of halogens is 1. The maximum Gasteiger partial charge on any atom is 0.227 e. The second-order valence-electron chi connectivity index (χ2n) is 7.74. The molecule has 2 aliphatic heterocycles. The lowest BCUT2D eigenvalue weighted by Gasteiger charge is -2.29. The topological polar surface area (TPSA) is 60.9 Å². The van der Waals surface area contributed by atoms with Gasteiger partial charge in [-0.3, -0.25) is 9.59 Å². The van der Waals surface area contributed by atoms with Crippen molar-refractivity contribution in [2.24, 2.45) is 11.8 Å². The zero-order valence-electron chi connectivity index (χ0n) is 15.7. The Bertz CT molecular complexity index is 899. The van der Waals surface area contributed by atoms with Crippen molar-refractivity contribution in [1.82, 2.24) is 9.80 Å². The van der Waals surface area contributed by atoms with Gasteiger partial charge in [0.2, 0.25) is 11.8 Å². The molecule has 4 rings (SSSR count). The summed E-state index contributed by atoms with van der Waals surface area (Å²) in [5.74, 6) is 0.172. The van der Waals surface area contributed by atoms with Crippen LogP contribution >= 0.6 is 0 Å². The van der Waals surface area contributed by atoms with Crippen LogP contribution in [0.25, 0.3) is 0 Å². The van der Waals surface area contributed by atoms with E-state index in [9.17, 15) is 19.1 Å². The van der Waals surface area contributed by atoms with E-state index >= 15 is 0 Å². The Balaban J connectivity index is 1.52. The SMILES string of the molecule is CC(=O)N1C[C@H]2CN(C(=O)Cc3ccc(O)cc3)C[C@H]2[C@@H]1c1cccc(F)c1. The molecule has 2 amide bonds. The van der Waals surface area contributed by atoms with Gasteiger partial charge in [0.25, 0.3) is 0 Å². The average Bonchev–Trinajstić information content (AvgIpc) is 3.21. The number of carbonyl (C=O) groups is 2. The fourth-order valence-electron chi connectivity index (χ4n) is 4.59. The lowest BCUT2D eigenvalue weighted by atomic mass is 9.89. The highest BCUT2D eigenvalue weighted by Gasteiger charge is 2.49. The van der Waals surface area contributed by atoms with Gasteiger partial charge in [-0.2, -0.15) is 0 Å². The highest BCUT2D eigenvalue weighted by Crippen LogP contribution is 2.45. The molecule has 0 unspecified atom stereocenters. The number of carbonyl (C=O) groups excluding carboxylic acids is 2. The van der Waals surface area contributed by atoms with Gasteiger partial charge >= 0.3 is 0 Å². The van der Waals surface area contributed by atoms with Crippen molar-refractivity contribution in [3.05, 3.63) is 65.5 Å². The number of phenolic OH excluding ortho intramolecular Hbond substituents is 1. The fourth-order valence-corrected chi connectivity index (χ4v) is 4.59. The van der Waals surface area contributed by atoms with Crippen molar-refractivity contribution in [3.8, 4) is 5.75 Å². The predicted molar refractivity (Wildman–Crippen MR) is 102 cm³/mol. The highest BCUT2D eigenvalue weighted by molar-refractivity contribution is 5.79. The average molecular weight is 382 g/mol. The zero-order chi connectivity index (χ0) is 19.8. The van der Waals surface area contributed by atoms with E-state index in [2.05, 4.69) is 0 Å². The molecule has 2 aliphatic rings. The zero-order valence-corrected chi connectivity index (χ0v) is 15.7. The molecule has 1 N–H and O–H groups in total. The Morgan fingerprint density at radius 1 is 1.11 bits per heavy atom. The first-order valence-electron chi connectivity index (χ1n) is 9.50. The first kappa shape index (κ1) is 18.5. The van der Waals surface area contributed by atoms with Crippen molar-refractivity contribution in [1.29, 1.82) is 0 Å². The molecule has 0 aliphatic carbocycles. The summed E-state index contributed by atoms with van der Waals surface area (Å²) >= 11 is 0. The molecule has 2 heterocycles. The van der Waals surface area contributed by atoms with Crippen LogP contribution < -0.4 is 0 Å². The van der Waals surface area contributed by atoms with Crippen molar-refractivity contribution in [2.45, 2.75) is 19.4 Å². The second-order valence-corrected chi connectivity index (χ2v) is 7.74. The molecular weight excluding hydrogens is 359 g/mol. The molecule has 28 heavy (non-hydrogen) atoms. The standard InChI is InChI=1S/C22H23FN2O3/c1-14(26)25-12-17-11-24(21(28)9-15-5-7-19(27)8-6-15)13-20(17)22(25)16-3-2-4-18(23)10-16/h2-8,10,17,20,22,27H,9,11-13H2,1H3/t17-,20-,22+/m1/s1. The monoisotopic (exact) mass is 382 g/mol. The van der Waals surface area contributed by atoms with E-state index in [-0.39, 0.29) is 47.7 Å². The van der Waals surface area contributed by atoms with Crippen molar-refractivity contribution >= 4 is 11.8 Å². The molecule has 146 valence electrons. The number of hydrogen-bond donors (Lipinski definition) is 1. The summed E-state index contributed by atoms with van der Waals surface area (Å²) in [6, 6.07) is 12.9. The molecule has 0 spiro atoms. The Morgan fingerprint density at radius 3 is 2.54 bits per heavy atom. The normalized spacial score (nSPS) is 23.7. The first-order chi connectivity index (χ1) is 13.4. The largest absolute Gasteiger partial charge is 0.508 e. The van der Waals surface area contributed by atoms with Crippen LogP contribution in [0.2, 0.25) is 0 Å². The maximum atomic E-state index is 13.8. The van der Waals surface area contributed by atoms with E-state index in [4.69, 9.17) is 0 Å². The highest BCUT2D eigenvalue weighted by atomic mass is 19.1. The van der Waals surface area contributed by atoms with Crippen LogP contribution in [0.3, 0.4) is 0 Å². The maximum absolute atomic E-state index is 13.8. The molecule has 0 bridgehead atoms. The first-order valence-corrected chi connectivity index (χ1v) is 9.50. The van der Waals surface area contributed by atoms with Crippen LogP contribution in [-0.2, 0) is 16.0 Å². The third-order valence-electron chi connectivity index (χ3n) is 5.90. The van der Waals surface area contributed by atoms with Crippen LogP contribution in [0.4, 0.5) is 4.39 Å². The van der Waals surface area contributed by atoms with Crippen LogP contribution in [0.5, 0.6) is 5.75 Å². The van der Waals surface area contributed by atoms with E-state index < -0.39 is 0 Å². The van der Waals surface area contributed by atoms with E-state index in [1.54, 1.807) is 37.3 Å². The van der Waals surface area contributed by atoms with Crippen molar-refractivity contribution in [3.63, 3.8) is 0 Å². The quantitative estimate of drug-likeness (QED) is 0.888. The van der Waals surface area contributed by atoms with Crippen molar-refractivity contribution < 1.29 is 19.1 Å². The van der Waals surface area contributed by atoms with Gasteiger partial charge < -0.3 is 14.9 Å². The number of likely N-dealkylation sites (tertiary alicyclic amines) is 2. The van der Waals surface area contributed by atoms with E-state index in [1.807, 2.05) is 15.9 Å². The summed E-state index contributed by atoms with van der Waals surface area (Å²) in [7, 11) is 0. The minimum atomic E-state index is -0.317. The molecule has 2 fully saturated rings. The Labute approximate surface area is 163 Å². The van der Waals surface area contributed by atoms with Gasteiger partial charge in [0.1, 0.15) is 11.6 Å². The van der Waals surface area contributed by atoms with Crippen LogP contribution in [0, 0.1) is 17.7 Å². The molecule has 2 saturated heterocycles. The van der Waals surface area contributed by atoms with E-state index in [0.717, 1.165) is 11.1 Å².